The van der Waals surface area contributed by atoms with E-state index in [1.54, 1.807) is 38.0 Å². The van der Waals surface area contributed by atoms with E-state index in [1.165, 1.54) is 0 Å². The van der Waals surface area contributed by atoms with Crippen LogP contribution >= 0.6 is 0 Å². The van der Waals surface area contributed by atoms with Gasteiger partial charge in [-0.2, -0.15) is 0 Å². The lowest BCUT2D eigenvalue weighted by atomic mass is 10.0. The molecule has 1 amide bonds. The van der Waals surface area contributed by atoms with Crippen molar-refractivity contribution in [3.8, 4) is 0 Å². The van der Waals surface area contributed by atoms with Gasteiger partial charge < -0.3 is 9.64 Å². The van der Waals surface area contributed by atoms with Gasteiger partial charge in [-0.1, -0.05) is 6.07 Å². The van der Waals surface area contributed by atoms with Gasteiger partial charge in [-0.15, -0.1) is 0 Å². The molecule has 0 saturated carbocycles. The van der Waals surface area contributed by atoms with Gasteiger partial charge in [-0.25, -0.2) is 13.1 Å². The lowest BCUT2D eigenvalue weighted by Crippen LogP contribution is -2.31. The van der Waals surface area contributed by atoms with Crippen molar-refractivity contribution >= 4 is 15.9 Å². The highest BCUT2D eigenvalue weighted by Gasteiger charge is 2.20. The molecular weight excluding hydrogens is 316 g/mol. The molecule has 0 bridgehead atoms. The summed E-state index contributed by atoms with van der Waals surface area (Å²) in [4.78, 5) is 13.6. The summed E-state index contributed by atoms with van der Waals surface area (Å²) in [6.45, 7) is 4.90. The van der Waals surface area contributed by atoms with Crippen LogP contribution in [0.1, 0.15) is 25.0 Å². The van der Waals surface area contributed by atoms with Gasteiger partial charge in [-0.3, -0.25) is 4.79 Å². The fraction of sp³-hybridized carbons (Fsp3) is 0.562. The van der Waals surface area contributed by atoms with E-state index in [9.17, 15) is 13.2 Å². The molecule has 0 fully saturated rings. The van der Waals surface area contributed by atoms with Gasteiger partial charge in [0, 0.05) is 33.7 Å². The Morgan fingerprint density at radius 3 is 2.57 bits per heavy atom. The number of nitrogens with one attached hydrogen (secondary N) is 1. The minimum Gasteiger partial charge on any atom is -0.380 e. The van der Waals surface area contributed by atoms with E-state index in [0.717, 1.165) is 17.5 Å². The molecule has 1 aromatic rings. The third-order valence-corrected chi connectivity index (χ3v) is 5.62. The van der Waals surface area contributed by atoms with E-state index in [0.29, 0.717) is 19.5 Å². The molecule has 1 aromatic carbocycles. The summed E-state index contributed by atoms with van der Waals surface area (Å²) in [7, 11) is -2.01. The molecule has 1 N–H and O–H groups in total. The Labute approximate surface area is 137 Å². The normalized spacial score (nSPS) is 16.6. The van der Waals surface area contributed by atoms with Crippen LogP contribution in [0.15, 0.2) is 23.1 Å². The maximum Gasteiger partial charge on any atom is 0.240 e. The van der Waals surface area contributed by atoms with Crippen molar-refractivity contribution in [1.29, 1.82) is 0 Å². The highest BCUT2D eigenvalue weighted by atomic mass is 32.2. The first-order chi connectivity index (χ1) is 10.8. The van der Waals surface area contributed by atoms with Crippen molar-refractivity contribution < 1.29 is 17.9 Å². The molecule has 7 heteroatoms. The van der Waals surface area contributed by atoms with E-state index < -0.39 is 10.0 Å². The summed E-state index contributed by atoms with van der Waals surface area (Å²) in [5, 5.41) is 0. The first-order valence-corrected chi connectivity index (χ1v) is 9.21. The maximum absolute atomic E-state index is 12.4. The average Bonchev–Trinajstić information content (AvgIpc) is 2.74. The average molecular weight is 340 g/mol. The second-order valence-electron chi connectivity index (χ2n) is 5.83. The van der Waals surface area contributed by atoms with Crippen molar-refractivity contribution in [2.75, 3.05) is 26.7 Å². The number of nitrogens with zero attached hydrogens (tertiary/aromatic N) is 1. The van der Waals surface area contributed by atoms with Crippen molar-refractivity contribution in [3.63, 3.8) is 0 Å². The predicted octanol–water partition coefficient (Wildman–Crippen LogP) is 0.947. The van der Waals surface area contributed by atoms with E-state index in [2.05, 4.69) is 4.72 Å². The van der Waals surface area contributed by atoms with E-state index in [4.69, 9.17) is 4.74 Å². The number of methoxy groups -OCH3 is 1. The number of fused-ring (bicyclic) bond motifs is 1. The fourth-order valence-electron chi connectivity index (χ4n) is 2.58. The lowest BCUT2D eigenvalue weighted by Gasteiger charge is -2.17. The summed E-state index contributed by atoms with van der Waals surface area (Å²) in [6.07, 6.45) is 1.24. The number of rotatable bonds is 5. The number of carbonyl (C=O) groups excluding carboxylic acids is 1. The number of sulfonamides is 1. The van der Waals surface area contributed by atoms with E-state index in [-0.39, 0.29) is 23.5 Å². The standard InChI is InChI=1S/C16H24N2O4S/c1-12(22-3)11-17-23(20,21)16-5-4-14-6-8-18(13(2)19)9-7-15(14)10-16/h4-5,10,12,17H,6-9,11H2,1-3H3. The number of ether oxygens (including phenoxy) is 1. The summed E-state index contributed by atoms with van der Waals surface area (Å²) in [5.41, 5.74) is 2.11. The molecular formula is C16H24N2O4S. The van der Waals surface area contributed by atoms with E-state index in [1.807, 2.05) is 6.07 Å². The largest absolute Gasteiger partial charge is 0.380 e. The molecule has 2 rings (SSSR count). The maximum atomic E-state index is 12.4. The van der Waals surface area contributed by atoms with Crippen LogP contribution in [-0.4, -0.2) is 52.1 Å². The molecule has 0 spiro atoms. The zero-order chi connectivity index (χ0) is 17.0. The summed E-state index contributed by atoms with van der Waals surface area (Å²) >= 11 is 0. The molecule has 128 valence electrons. The summed E-state index contributed by atoms with van der Waals surface area (Å²) < 4.78 is 32.3. The van der Waals surface area contributed by atoms with Crippen molar-refractivity contribution in [2.45, 2.75) is 37.7 Å². The van der Waals surface area contributed by atoms with Gasteiger partial charge in [0.2, 0.25) is 15.9 Å². The molecule has 0 aliphatic carbocycles. The quantitative estimate of drug-likeness (QED) is 0.866. The molecule has 1 aliphatic heterocycles. The number of amides is 1. The highest BCUT2D eigenvalue weighted by molar-refractivity contribution is 7.89. The van der Waals surface area contributed by atoms with Gasteiger partial charge in [-0.05, 0) is 43.0 Å². The molecule has 1 atom stereocenters. The SMILES string of the molecule is COC(C)CNS(=O)(=O)c1ccc2c(c1)CCN(C(C)=O)CC2. The van der Waals surface area contributed by atoms with Crippen molar-refractivity contribution in [2.24, 2.45) is 0 Å². The van der Waals surface area contributed by atoms with Gasteiger partial charge in [0.05, 0.1) is 11.0 Å². The monoisotopic (exact) mass is 340 g/mol. The molecule has 6 nitrogen and oxygen atoms in total. The minimum atomic E-state index is -3.55. The first-order valence-electron chi connectivity index (χ1n) is 7.73. The van der Waals surface area contributed by atoms with Gasteiger partial charge in [0.1, 0.15) is 0 Å². The molecule has 1 unspecified atom stereocenters. The zero-order valence-electron chi connectivity index (χ0n) is 13.8. The minimum absolute atomic E-state index is 0.0564. The Morgan fingerprint density at radius 2 is 1.96 bits per heavy atom. The van der Waals surface area contributed by atoms with E-state index >= 15 is 0 Å². The number of hydrogen-bond acceptors (Lipinski definition) is 4. The van der Waals surface area contributed by atoms with Gasteiger partial charge >= 0.3 is 0 Å². The third-order valence-electron chi connectivity index (χ3n) is 4.20. The fourth-order valence-corrected chi connectivity index (χ4v) is 3.74. The van der Waals surface area contributed by atoms with Gasteiger partial charge in [0.15, 0.2) is 0 Å². The third kappa shape index (κ3) is 4.53. The van der Waals surface area contributed by atoms with Crippen molar-refractivity contribution in [1.82, 2.24) is 9.62 Å². The summed E-state index contributed by atoms with van der Waals surface area (Å²) in [5.74, 6) is 0.0564. The molecule has 1 heterocycles. The van der Waals surface area contributed by atoms with Gasteiger partial charge in [0.25, 0.3) is 0 Å². The second kappa shape index (κ2) is 7.42. The first kappa shape index (κ1) is 17.9. The van der Waals surface area contributed by atoms with Crippen LogP contribution in [0.25, 0.3) is 0 Å². The topological polar surface area (TPSA) is 75.7 Å². The molecule has 0 aromatic heterocycles. The lowest BCUT2D eigenvalue weighted by molar-refractivity contribution is -0.128. The highest BCUT2D eigenvalue weighted by Crippen LogP contribution is 2.20. The smallest absolute Gasteiger partial charge is 0.240 e. The van der Waals surface area contributed by atoms with Crippen LogP contribution in [0.3, 0.4) is 0 Å². The molecule has 0 radical (unpaired) electrons. The van der Waals surface area contributed by atoms with Crippen LogP contribution in [0.4, 0.5) is 0 Å². The Bertz CT molecular complexity index is 673. The number of carbonyl (C=O) groups is 1. The summed E-state index contributed by atoms with van der Waals surface area (Å²) in [6, 6.07) is 5.20. The zero-order valence-corrected chi connectivity index (χ0v) is 14.6. The Kier molecular flexibility index (Phi) is 5.78. The number of benzene rings is 1. The molecule has 0 saturated heterocycles. The second-order valence-corrected chi connectivity index (χ2v) is 7.60. The van der Waals surface area contributed by atoms with Crippen LogP contribution in [0.2, 0.25) is 0 Å². The Balaban J connectivity index is 2.17. The number of hydrogen-bond donors (Lipinski definition) is 1. The van der Waals surface area contributed by atoms with Crippen LogP contribution < -0.4 is 4.72 Å². The molecule has 23 heavy (non-hydrogen) atoms. The van der Waals surface area contributed by atoms with Crippen LogP contribution in [-0.2, 0) is 32.4 Å². The Hall–Kier alpha value is -1.44. The predicted molar refractivity (Wildman–Crippen MR) is 87.8 cm³/mol. The van der Waals surface area contributed by atoms with Crippen LogP contribution in [0.5, 0.6) is 0 Å². The van der Waals surface area contributed by atoms with Crippen molar-refractivity contribution in [3.05, 3.63) is 29.3 Å². The Morgan fingerprint density at radius 1 is 1.30 bits per heavy atom. The van der Waals surface area contributed by atoms with Crippen LogP contribution in [0, 0.1) is 0 Å². The molecule has 1 aliphatic rings.